The fraction of sp³-hybridized carbons (Fsp3) is 0.231. The minimum absolute atomic E-state index is 0.540. The van der Waals surface area contributed by atoms with Crippen LogP contribution in [0.5, 0.6) is 0 Å². The smallest absolute Gasteiger partial charge is 0.336 e. The molecule has 0 spiro atoms. The summed E-state index contributed by atoms with van der Waals surface area (Å²) < 4.78 is 0. The van der Waals surface area contributed by atoms with Crippen LogP contribution in [0.2, 0.25) is 0 Å². The van der Waals surface area contributed by atoms with Gasteiger partial charge in [-0.15, -0.1) is 11.3 Å². The Balaban J connectivity index is 2.39. The fourth-order valence-corrected chi connectivity index (χ4v) is 2.40. The Morgan fingerprint density at radius 1 is 1.44 bits per heavy atom. The normalized spacial score (nSPS) is 13.9. The van der Waals surface area contributed by atoms with Gasteiger partial charge in [-0.05, 0) is 25.5 Å². The molecule has 1 aromatic carbocycles. The van der Waals surface area contributed by atoms with Gasteiger partial charge in [-0.1, -0.05) is 18.2 Å². The number of nitrogens with zero attached hydrogens (tertiary/aromatic N) is 1. The molecule has 2 aromatic rings. The highest BCUT2D eigenvalue weighted by atomic mass is 32.1. The lowest BCUT2D eigenvalue weighted by molar-refractivity contribution is -0.142. The van der Waals surface area contributed by atoms with Crippen LogP contribution in [0, 0.1) is 6.92 Å². The molecule has 0 aliphatic rings. The Labute approximate surface area is 109 Å². The van der Waals surface area contributed by atoms with Gasteiger partial charge >= 0.3 is 5.97 Å². The van der Waals surface area contributed by atoms with E-state index in [-0.39, 0.29) is 0 Å². The molecule has 18 heavy (non-hydrogen) atoms. The fourth-order valence-electron chi connectivity index (χ4n) is 1.65. The van der Waals surface area contributed by atoms with Crippen molar-refractivity contribution in [3.8, 4) is 0 Å². The van der Waals surface area contributed by atoms with E-state index in [1.807, 2.05) is 31.2 Å². The third-order valence-electron chi connectivity index (χ3n) is 2.82. The molecular weight excluding hydrogens is 248 g/mol. The van der Waals surface area contributed by atoms with Gasteiger partial charge < -0.3 is 10.4 Å². The number of thiazole rings is 1. The predicted molar refractivity (Wildman–Crippen MR) is 71.9 cm³/mol. The number of rotatable bonds is 4. The predicted octanol–water partition coefficient (Wildman–Crippen LogP) is 2.86. The summed E-state index contributed by atoms with van der Waals surface area (Å²) in [6, 6.07) is 7.60. The lowest BCUT2D eigenvalue weighted by Gasteiger charge is -2.26. The van der Waals surface area contributed by atoms with E-state index in [0.717, 1.165) is 11.3 Å². The van der Waals surface area contributed by atoms with Crippen LogP contribution in [0.1, 0.15) is 17.5 Å². The molecule has 1 unspecified atom stereocenters. The number of aryl methyl sites for hydroxylation is 1. The number of aromatic nitrogens is 1. The lowest BCUT2D eigenvalue weighted by atomic mass is 10.0. The molecule has 0 bridgehead atoms. The molecule has 1 aromatic heterocycles. The van der Waals surface area contributed by atoms with Crippen LogP contribution in [-0.2, 0) is 10.3 Å². The van der Waals surface area contributed by atoms with Crippen LogP contribution in [0.25, 0.3) is 0 Å². The highest BCUT2D eigenvalue weighted by Gasteiger charge is 2.38. The van der Waals surface area contributed by atoms with Gasteiger partial charge in [0.25, 0.3) is 0 Å². The zero-order chi connectivity index (χ0) is 13.2. The van der Waals surface area contributed by atoms with Gasteiger partial charge in [0.1, 0.15) is 5.01 Å². The number of carbonyl (C=O) groups is 1. The zero-order valence-corrected chi connectivity index (χ0v) is 11.0. The van der Waals surface area contributed by atoms with E-state index in [0.29, 0.717) is 5.01 Å². The first kappa shape index (κ1) is 12.6. The lowest BCUT2D eigenvalue weighted by Crippen LogP contribution is -2.40. The minimum atomic E-state index is -1.21. The van der Waals surface area contributed by atoms with Crippen molar-refractivity contribution < 1.29 is 9.90 Å². The quantitative estimate of drug-likeness (QED) is 0.889. The molecule has 5 heteroatoms. The summed E-state index contributed by atoms with van der Waals surface area (Å²) in [5, 5.41) is 14.8. The molecule has 2 rings (SSSR count). The third kappa shape index (κ3) is 2.22. The van der Waals surface area contributed by atoms with Gasteiger partial charge in [-0.25, -0.2) is 9.78 Å². The number of anilines is 1. The van der Waals surface area contributed by atoms with Crippen LogP contribution >= 0.6 is 11.3 Å². The molecule has 0 saturated carbocycles. The van der Waals surface area contributed by atoms with Crippen LogP contribution in [0.3, 0.4) is 0 Å². The standard InChI is InChI=1S/C13H14N2O2S/c1-9-5-3-4-6-10(9)15-13(2,12(16)17)11-14-7-8-18-11/h3-8,15H,1-2H3,(H,16,17). The first-order valence-corrected chi connectivity index (χ1v) is 6.39. The molecule has 0 aliphatic heterocycles. The van der Waals surface area contributed by atoms with Gasteiger partial charge in [-0.3, -0.25) is 0 Å². The van der Waals surface area contributed by atoms with Gasteiger partial charge in [0.15, 0.2) is 5.54 Å². The molecule has 2 N–H and O–H groups in total. The Hall–Kier alpha value is -1.88. The molecule has 0 fully saturated rings. The molecule has 0 radical (unpaired) electrons. The number of carboxylic acid groups (broad SMARTS) is 1. The van der Waals surface area contributed by atoms with Crippen LogP contribution in [0.15, 0.2) is 35.8 Å². The number of hydrogen-bond acceptors (Lipinski definition) is 4. The first-order chi connectivity index (χ1) is 8.54. The van der Waals surface area contributed by atoms with E-state index in [1.165, 1.54) is 11.3 Å². The van der Waals surface area contributed by atoms with Crippen LogP contribution in [-0.4, -0.2) is 16.1 Å². The minimum Gasteiger partial charge on any atom is -0.479 e. The van der Waals surface area contributed by atoms with Crippen molar-refractivity contribution in [3.05, 3.63) is 46.4 Å². The highest BCUT2D eigenvalue weighted by Crippen LogP contribution is 2.29. The average Bonchev–Trinajstić information content (AvgIpc) is 2.86. The second-order valence-electron chi connectivity index (χ2n) is 4.21. The molecule has 4 nitrogen and oxygen atoms in total. The molecule has 0 aliphatic carbocycles. The molecule has 0 saturated heterocycles. The molecule has 94 valence electrons. The summed E-state index contributed by atoms with van der Waals surface area (Å²) in [5.41, 5.74) is 0.597. The van der Waals surface area contributed by atoms with Gasteiger partial charge in [0.05, 0.1) is 0 Å². The monoisotopic (exact) mass is 262 g/mol. The number of hydrogen-bond donors (Lipinski definition) is 2. The first-order valence-electron chi connectivity index (χ1n) is 5.51. The van der Waals surface area contributed by atoms with Crippen molar-refractivity contribution >= 4 is 23.0 Å². The number of para-hydroxylation sites is 1. The van der Waals surface area contributed by atoms with Crippen molar-refractivity contribution in [3.63, 3.8) is 0 Å². The Bertz CT molecular complexity index is 554. The maximum Gasteiger partial charge on any atom is 0.336 e. The number of nitrogens with one attached hydrogen (secondary N) is 1. The average molecular weight is 262 g/mol. The zero-order valence-electron chi connectivity index (χ0n) is 10.2. The largest absolute Gasteiger partial charge is 0.479 e. The Morgan fingerprint density at radius 2 is 2.17 bits per heavy atom. The van der Waals surface area contributed by atoms with Gasteiger partial charge in [0, 0.05) is 17.3 Å². The van der Waals surface area contributed by atoms with Crippen molar-refractivity contribution in [2.75, 3.05) is 5.32 Å². The van der Waals surface area contributed by atoms with Crippen molar-refractivity contribution in [1.82, 2.24) is 4.98 Å². The number of carboxylic acids is 1. The van der Waals surface area contributed by atoms with Gasteiger partial charge in [0.2, 0.25) is 0 Å². The summed E-state index contributed by atoms with van der Waals surface area (Å²) in [4.78, 5) is 15.7. The summed E-state index contributed by atoms with van der Waals surface area (Å²) >= 11 is 1.33. The Morgan fingerprint density at radius 3 is 2.72 bits per heavy atom. The van der Waals surface area contributed by atoms with E-state index in [1.54, 1.807) is 18.5 Å². The summed E-state index contributed by atoms with van der Waals surface area (Å²) in [7, 11) is 0. The molecule has 0 amide bonds. The van der Waals surface area contributed by atoms with Gasteiger partial charge in [-0.2, -0.15) is 0 Å². The van der Waals surface area contributed by atoms with Crippen LogP contribution in [0.4, 0.5) is 5.69 Å². The third-order valence-corrected chi connectivity index (χ3v) is 3.81. The summed E-state index contributed by atoms with van der Waals surface area (Å²) in [6.07, 6.45) is 1.61. The van der Waals surface area contributed by atoms with Crippen molar-refractivity contribution in [2.24, 2.45) is 0 Å². The second-order valence-corrected chi connectivity index (χ2v) is 5.10. The topological polar surface area (TPSA) is 62.2 Å². The summed E-state index contributed by atoms with van der Waals surface area (Å²) in [6.45, 7) is 3.56. The van der Waals surface area contributed by atoms with Crippen LogP contribution < -0.4 is 5.32 Å². The van der Waals surface area contributed by atoms with E-state index in [9.17, 15) is 9.90 Å². The summed E-state index contributed by atoms with van der Waals surface area (Å²) in [5.74, 6) is -0.944. The molecule has 1 heterocycles. The SMILES string of the molecule is Cc1ccccc1NC(C)(C(=O)O)c1nccs1. The van der Waals surface area contributed by atoms with E-state index in [2.05, 4.69) is 10.3 Å². The molecular formula is C13H14N2O2S. The number of aliphatic carboxylic acids is 1. The molecule has 1 atom stereocenters. The van der Waals surface area contributed by atoms with Crippen molar-refractivity contribution in [1.29, 1.82) is 0 Å². The number of benzene rings is 1. The highest BCUT2D eigenvalue weighted by molar-refractivity contribution is 7.09. The maximum absolute atomic E-state index is 11.5. The van der Waals surface area contributed by atoms with E-state index >= 15 is 0 Å². The maximum atomic E-state index is 11.5. The van der Waals surface area contributed by atoms with E-state index in [4.69, 9.17) is 0 Å². The van der Waals surface area contributed by atoms with E-state index < -0.39 is 11.5 Å². The second kappa shape index (κ2) is 4.78. The van der Waals surface area contributed by atoms with Crippen molar-refractivity contribution in [2.45, 2.75) is 19.4 Å². The Kier molecular flexibility index (Phi) is 3.34.